The zero-order valence-corrected chi connectivity index (χ0v) is 7.75. The molecule has 0 saturated heterocycles. The summed E-state index contributed by atoms with van der Waals surface area (Å²) in [6, 6.07) is 0. The fraction of sp³-hybridized carbons (Fsp3) is 0. The van der Waals surface area contributed by atoms with Crippen molar-refractivity contribution in [3.63, 3.8) is 0 Å². The Balaban J connectivity index is 0. The van der Waals surface area contributed by atoms with Crippen LogP contribution in [-0.2, 0) is 50.6 Å². The Labute approximate surface area is 90.5 Å². The van der Waals surface area contributed by atoms with E-state index in [-0.39, 0.29) is 92.4 Å². The van der Waals surface area contributed by atoms with Crippen molar-refractivity contribution in [1.29, 1.82) is 0 Å². The smallest absolute Gasteiger partial charge is 0 e. The van der Waals surface area contributed by atoms with Crippen molar-refractivity contribution in [3.05, 3.63) is 0 Å². The molecule has 0 heterocycles. The van der Waals surface area contributed by atoms with Gasteiger partial charge in [0.05, 0.1) is 0 Å². The maximum atomic E-state index is 0. The Morgan fingerprint density at radius 2 is 1.00 bits per heavy atom. The van der Waals surface area contributed by atoms with Gasteiger partial charge in [-0.15, -0.1) is 0 Å². The van der Waals surface area contributed by atoms with E-state index in [2.05, 4.69) is 0 Å². The first kappa shape index (κ1) is 28.5. The first-order valence-corrected chi connectivity index (χ1v) is 0. The Kier molecular flexibility index (Phi) is 120. The summed E-state index contributed by atoms with van der Waals surface area (Å²) >= 11 is 0. The molecule has 0 rings (SSSR count). The number of hydrogen-bond donors (Lipinski definition) is 0. The van der Waals surface area contributed by atoms with Gasteiger partial charge in [0.2, 0.25) is 0 Å². The first-order chi connectivity index (χ1) is 0. The number of rotatable bonds is 0. The van der Waals surface area contributed by atoms with Crippen LogP contribution in [-0.4, -0.2) is 0 Å². The van der Waals surface area contributed by atoms with Crippen LogP contribution in [0.4, 0.5) is 0 Å². The van der Waals surface area contributed by atoms with Gasteiger partial charge in [0.1, 0.15) is 0 Å². The molecule has 0 saturated carbocycles. The molecule has 0 unspecified atom stereocenters. The minimum Gasteiger partial charge on any atom is 0 e. The third-order valence-corrected chi connectivity index (χ3v) is 0. The maximum Gasteiger partial charge on any atom is 0 e. The molecule has 2 radical (unpaired) electrons. The van der Waals surface area contributed by atoms with E-state index < -0.39 is 0 Å². The summed E-state index contributed by atoms with van der Waals surface area (Å²) in [5, 5.41) is 0. The van der Waals surface area contributed by atoms with Crippen LogP contribution in [0.25, 0.3) is 0 Å². The predicted molar refractivity (Wildman–Crippen MR) is 0 cm³/mol. The monoisotopic (exact) mass is 316 g/mol. The Morgan fingerprint density at radius 1 is 1.00 bits per heavy atom. The molecular weight excluding hydrogens is 317 g/mol. The molecule has 0 aromatic carbocycles. The maximum absolute atomic E-state index is 0. The molecule has 0 aromatic heterocycles. The first-order valence-electron chi connectivity index (χ1n) is 0. The molecule has 0 fully saturated rings. The van der Waals surface area contributed by atoms with Crippen molar-refractivity contribution < 1.29 is 92.4 Å². The van der Waals surface area contributed by atoms with E-state index in [0.717, 1.165) is 0 Å². The largest absolute Gasteiger partial charge is 0 e. The van der Waals surface area contributed by atoms with Crippen LogP contribution in [0.2, 0.25) is 0 Å². The third-order valence-electron chi connectivity index (χ3n) is 0. The van der Waals surface area contributed by atoms with E-state index in [9.17, 15) is 0 Å². The fourth-order valence-electron chi connectivity index (χ4n) is 0. The fourth-order valence-corrected chi connectivity index (χ4v) is 0. The standard InChI is InChI=1S/Ce.Cu.Mn.Ni. The van der Waals surface area contributed by atoms with Gasteiger partial charge in [-0.05, 0) is 0 Å². The average Bonchev–Trinajstić information content (AvgIpc) is 0. The molecule has 32 valence electrons. The van der Waals surface area contributed by atoms with Crippen LogP contribution in [0.5, 0.6) is 0 Å². The van der Waals surface area contributed by atoms with Gasteiger partial charge >= 0.3 is 0 Å². The molecule has 0 nitrogen and oxygen atoms in total. The molecule has 4 heteroatoms. The second-order valence-corrected chi connectivity index (χ2v) is 0. The third kappa shape index (κ3) is 8.86. The van der Waals surface area contributed by atoms with Gasteiger partial charge in [0.25, 0.3) is 0 Å². The van der Waals surface area contributed by atoms with E-state index in [1.807, 2.05) is 0 Å². The van der Waals surface area contributed by atoms with E-state index >= 15 is 0 Å². The molecular formula is CeCuMnNi. The molecule has 0 aliphatic heterocycles. The van der Waals surface area contributed by atoms with Crippen molar-refractivity contribution in [1.82, 2.24) is 0 Å². The molecule has 0 aromatic rings. The molecule has 0 aliphatic carbocycles. The van der Waals surface area contributed by atoms with Gasteiger partial charge in [-0.3, -0.25) is 0 Å². The zero-order chi connectivity index (χ0) is 0. The van der Waals surface area contributed by atoms with Crippen LogP contribution in [0.1, 0.15) is 0 Å². The summed E-state index contributed by atoms with van der Waals surface area (Å²) in [4.78, 5) is 0. The molecule has 0 amide bonds. The quantitative estimate of drug-likeness (QED) is 0.552. The molecule has 0 aliphatic rings. The second kappa shape index (κ2) is 16.8. The average molecular weight is 317 g/mol. The van der Waals surface area contributed by atoms with Crippen molar-refractivity contribution in [3.8, 4) is 0 Å². The van der Waals surface area contributed by atoms with E-state index in [0.29, 0.717) is 0 Å². The van der Waals surface area contributed by atoms with E-state index in [1.54, 1.807) is 0 Å². The van der Waals surface area contributed by atoms with Gasteiger partial charge in [0, 0.05) is 92.4 Å². The summed E-state index contributed by atoms with van der Waals surface area (Å²) in [5.41, 5.74) is 0. The van der Waals surface area contributed by atoms with Crippen LogP contribution in [0, 0.1) is 41.7 Å². The molecule has 0 atom stereocenters. The summed E-state index contributed by atoms with van der Waals surface area (Å²) < 4.78 is 0. The van der Waals surface area contributed by atoms with Gasteiger partial charge in [-0.2, -0.15) is 0 Å². The predicted octanol–water partition coefficient (Wildman–Crippen LogP) is -0.00750. The molecule has 0 N–H and O–H groups in total. The molecule has 0 spiro atoms. The van der Waals surface area contributed by atoms with Crippen molar-refractivity contribution in [2.24, 2.45) is 0 Å². The summed E-state index contributed by atoms with van der Waals surface area (Å²) in [5.74, 6) is 0. The van der Waals surface area contributed by atoms with E-state index in [4.69, 9.17) is 0 Å². The van der Waals surface area contributed by atoms with Gasteiger partial charge < -0.3 is 0 Å². The minimum absolute atomic E-state index is 0. The van der Waals surface area contributed by atoms with Crippen molar-refractivity contribution in [2.45, 2.75) is 0 Å². The Morgan fingerprint density at radius 3 is 1.00 bits per heavy atom. The van der Waals surface area contributed by atoms with E-state index in [1.165, 1.54) is 0 Å². The topological polar surface area (TPSA) is 0 Å². The zero-order valence-electron chi connectivity index (χ0n) is 1.50. The van der Waals surface area contributed by atoms with Crippen LogP contribution in [0.15, 0.2) is 0 Å². The summed E-state index contributed by atoms with van der Waals surface area (Å²) in [6.45, 7) is 0. The minimum atomic E-state index is 0. The van der Waals surface area contributed by atoms with Crippen LogP contribution < -0.4 is 0 Å². The SMILES string of the molecule is [Ce].[Cu].[Mn].[Ni]. The summed E-state index contributed by atoms with van der Waals surface area (Å²) in [7, 11) is 0. The second-order valence-electron chi connectivity index (χ2n) is 0. The van der Waals surface area contributed by atoms with Crippen molar-refractivity contribution in [2.75, 3.05) is 0 Å². The normalized spacial score (nSPS) is 0. The number of hydrogen-bond acceptors (Lipinski definition) is 0. The Hall–Kier alpha value is 2.91. The van der Waals surface area contributed by atoms with Gasteiger partial charge in [0.15, 0.2) is 0 Å². The summed E-state index contributed by atoms with van der Waals surface area (Å²) in [6.07, 6.45) is 0. The van der Waals surface area contributed by atoms with Crippen molar-refractivity contribution >= 4 is 0 Å². The Bertz CT molecular complexity index is 8.00. The van der Waals surface area contributed by atoms with Crippen LogP contribution in [0.3, 0.4) is 0 Å². The molecule has 4 heavy (non-hydrogen) atoms. The van der Waals surface area contributed by atoms with Gasteiger partial charge in [-0.25, -0.2) is 0 Å². The van der Waals surface area contributed by atoms with Gasteiger partial charge in [-0.1, -0.05) is 0 Å². The molecule has 0 bridgehead atoms. The van der Waals surface area contributed by atoms with Crippen LogP contribution >= 0.6 is 0 Å².